The Kier molecular flexibility index (Phi) is 6.63. The van der Waals surface area contributed by atoms with Gasteiger partial charge in [0, 0.05) is 5.57 Å². The highest BCUT2D eigenvalue weighted by Crippen LogP contribution is 2.36. The lowest BCUT2D eigenvalue weighted by Gasteiger charge is -2.33. The molecular formula is C22H33N3O. The van der Waals surface area contributed by atoms with Crippen molar-refractivity contribution in [1.82, 2.24) is 4.98 Å². The van der Waals surface area contributed by atoms with Crippen LogP contribution < -0.4 is 11.1 Å². The Hall–Kier alpha value is -2.10. The molecule has 0 saturated heterocycles. The molecule has 1 heterocycles. The first-order valence-electron chi connectivity index (χ1n) is 9.59. The van der Waals surface area contributed by atoms with Gasteiger partial charge >= 0.3 is 0 Å². The van der Waals surface area contributed by atoms with E-state index in [4.69, 9.17) is 5.73 Å². The van der Waals surface area contributed by atoms with Gasteiger partial charge in [0.2, 0.25) is 0 Å². The fraction of sp³-hybridized carbons (Fsp3) is 0.545. The zero-order valence-electron chi connectivity index (χ0n) is 17.0. The van der Waals surface area contributed by atoms with Crippen molar-refractivity contribution in [2.75, 3.05) is 11.1 Å². The first kappa shape index (κ1) is 20.2. The number of nitrogens with zero attached hydrogens (tertiary/aromatic N) is 1. The predicted molar refractivity (Wildman–Crippen MR) is 110 cm³/mol. The Bertz CT molecular complexity index is 718. The Morgan fingerprint density at radius 2 is 2.00 bits per heavy atom. The fourth-order valence-electron chi connectivity index (χ4n) is 3.62. The lowest BCUT2D eigenvalue weighted by atomic mass is 9.72. The second-order valence-corrected chi connectivity index (χ2v) is 8.19. The van der Waals surface area contributed by atoms with Crippen LogP contribution in [0.5, 0.6) is 0 Å². The van der Waals surface area contributed by atoms with Crippen LogP contribution in [0.1, 0.15) is 53.2 Å². The molecule has 1 aliphatic rings. The van der Waals surface area contributed by atoms with Gasteiger partial charge in [-0.15, -0.1) is 0 Å². The number of carbonyl (C=O) groups excluding carboxylic acids is 1. The van der Waals surface area contributed by atoms with Crippen molar-refractivity contribution in [3.05, 3.63) is 41.3 Å². The van der Waals surface area contributed by atoms with E-state index in [0.717, 1.165) is 24.1 Å². The molecule has 26 heavy (non-hydrogen) atoms. The van der Waals surface area contributed by atoms with E-state index in [1.807, 2.05) is 13.0 Å². The van der Waals surface area contributed by atoms with E-state index in [9.17, 15) is 4.79 Å². The Balaban J connectivity index is 2.16. The standard InChI is InChI=1S/C22H33N3O/c1-13(2)16(5)20-10-14(3)9-18(8-7-15(20)4)22(26)25-19-11-21(23)17(6)24-12-19/h8-9,11-13,15-16,20H,7,10,23H2,1-6H3,(H,25,26). The number of nitrogens with one attached hydrogen (secondary N) is 1. The summed E-state index contributed by atoms with van der Waals surface area (Å²) < 4.78 is 0. The highest BCUT2D eigenvalue weighted by Gasteiger charge is 2.27. The van der Waals surface area contributed by atoms with Crippen LogP contribution in [0, 0.1) is 30.6 Å². The van der Waals surface area contributed by atoms with Crippen molar-refractivity contribution in [2.24, 2.45) is 23.7 Å². The first-order valence-corrected chi connectivity index (χ1v) is 9.59. The minimum atomic E-state index is -0.100. The molecule has 0 aliphatic heterocycles. The van der Waals surface area contributed by atoms with Crippen LogP contribution >= 0.6 is 0 Å². The number of nitrogen functional groups attached to an aromatic ring is 1. The summed E-state index contributed by atoms with van der Waals surface area (Å²) in [6.45, 7) is 13.2. The molecule has 0 aromatic carbocycles. The average Bonchev–Trinajstić information content (AvgIpc) is 2.57. The van der Waals surface area contributed by atoms with Crippen molar-refractivity contribution in [3.63, 3.8) is 0 Å². The summed E-state index contributed by atoms with van der Waals surface area (Å²) >= 11 is 0. The van der Waals surface area contributed by atoms with E-state index in [0.29, 0.717) is 35.0 Å². The lowest BCUT2D eigenvalue weighted by Crippen LogP contribution is -2.25. The third-order valence-corrected chi connectivity index (χ3v) is 5.77. The van der Waals surface area contributed by atoms with Crippen LogP contribution in [-0.2, 0) is 4.79 Å². The SMILES string of the molecule is CC1=CC(C(=O)Nc2cnc(C)c(N)c2)=CCC(C)C(C(C)C(C)C)C1. The molecule has 3 atom stereocenters. The van der Waals surface area contributed by atoms with Crippen molar-refractivity contribution in [1.29, 1.82) is 0 Å². The molecule has 0 bridgehead atoms. The van der Waals surface area contributed by atoms with Crippen molar-refractivity contribution < 1.29 is 4.79 Å². The number of carbonyl (C=O) groups is 1. The summed E-state index contributed by atoms with van der Waals surface area (Å²) in [4.78, 5) is 16.9. The number of pyridine rings is 1. The molecule has 4 heteroatoms. The quantitative estimate of drug-likeness (QED) is 0.787. The summed E-state index contributed by atoms with van der Waals surface area (Å²) in [6.07, 6.45) is 7.72. The monoisotopic (exact) mass is 355 g/mol. The maximum absolute atomic E-state index is 12.7. The third kappa shape index (κ3) is 4.96. The number of nitrogens with two attached hydrogens (primary N) is 1. The fourth-order valence-corrected chi connectivity index (χ4v) is 3.62. The van der Waals surface area contributed by atoms with Crippen molar-refractivity contribution >= 4 is 17.3 Å². The molecule has 142 valence electrons. The Labute approximate surface area is 158 Å². The molecule has 3 N–H and O–H groups in total. The van der Waals surface area contributed by atoms with Crippen LogP contribution in [-0.4, -0.2) is 10.9 Å². The Morgan fingerprint density at radius 3 is 2.62 bits per heavy atom. The van der Waals surface area contributed by atoms with Crippen LogP contribution in [0.15, 0.2) is 35.6 Å². The molecule has 2 rings (SSSR count). The van der Waals surface area contributed by atoms with E-state index in [-0.39, 0.29) is 5.91 Å². The van der Waals surface area contributed by atoms with Crippen LogP contribution in [0.3, 0.4) is 0 Å². The molecule has 1 amide bonds. The molecule has 4 nitrogen and oxygen atoms in total. The minimum absolute atomic E-state index is 0.100. The van der Waals surface area contributed by atoms with E-state index in [1.165, 1.54) is 5.57 Å². The number of anilines is 2. The van der Waals surface area contributed by atoms with Gasteiger partial charge in [0.15, 0.2) is 0 Å². The largest absolute Gasteiger partial charge is 0.397 e. The van der Waals surface area contributed by atoms with Crippen LogP contribution in [0.2, 0.25) is 0 Å². The molecule has 0 saturated carbocycles. The minimum Gasteiger partial charge on any atom is -0.397 e. The van der Waals surface area contributed by atoms with Gasteiger partial charge in [-0.3, -0.25) is 9.78 Å². The van der Waals surface area contributed by atoms with Gasteiger partial charge in [-0.2, -0.15) is 0 Å². The number of hydrogen-bond acceptors (Lipinski definition) is 3. The zero-order valence-corrected chi connectivity index (χ0v) is 17.0. The van der Waals surface area contributed by atoms with Gasteiger partial charge in [0.1, 0.15) is 0 Å². The topological polar surface area (TPSA) is 68.0 Å². The molecular weight excluding hydrogens is 322 g/mol. The summed E-state index contributed by atoms with van der Waals surface area (Å²) in [7, 11) is 0. The molecule has 0 fully saturated rings. The third-order valence-electron chi connectivity index (χ3n) is 5.77. The molecule has 3 unspecified atom stereocenters. The van der Waals surface area contributed by atoms with E-state index < -0.39 is 0 Å². The van der Waals surface area contributed by atoms with E-state index in [1.54, 1.807) is 12.3 Å². The van der Waals surface area contributed by atoms with Gasteiger partial charge in [-0.25, -0.2) is 0 Å². The number of aryl methyl sites for hydroxylation is 1. The maximum Gasteiger partial charge on any atom is 0.255 e. The van der Waals surface area contributed by atoms with E-state index in [2.05, 4.69) is 51.0 Å². The van der Waals surface area contributed by atoms with Gasteiger partial charge in [0.05, 0.1) is 23.3 Å². The molecule has 0 spiro atoms. The highest BCUT2D eigenvalue weighted by atomic mass is 16.1. The first-order chi connectivity index (χ1) is 12.2. The van der Waals surface area contributed by atoms with Gasteiger partial charge in [-0.05, 0) is 56.4 Å². The normalized spacial score (nSPS) is 22.1. The number of aromatic nitrogens is 1. The zero-order chi connectivity index (χ0) is 19.4. The maximum atomic E-state index is 12.7. The molecule has 1 aromatic rings. The number of rotatable bonds is 4. The second-order valence-electron chi connectivity index (χ2n) is 8.19. The molecule has 1 aliphatic carbocycles. The van der Waals surface area contributed by atoms with Crippen molar-refractivity contribution in [2.45, 2.75) is 54.4 Å². The Morgan fingerprint density at radius 1 is 1.31 bits per heavy atom. The summed E-state index contributed by atoms with van der Waals surface area (Å²) in [5.41, 5.74) is 9.86. The summed E-state index contributed by atoms with van der Waals surface area (Å²) in [5.74, 6) is 2.43. The van der Waals surface area contributed by atoms with Gasteiger partial charge in [-0.1, -0.05) is 45.4 Å². The van der Waals surface area contributed by atoms with Crippen LogP contribution in [0.25, 0.3) is 0 Å². The number of hydrogen-bond donors (Lipinski definition) is 2. The highest BCUT2D eigenvalue weighted by molar-refractivity contribution is 6.05. The van der Waals surface area contributed by atoms with Gasteiger partial charge < -0.3 is 11.1 Å². The van der Waals surface area contributed by atoms with Crippen LogP contribution in [0.4, 0.5) is 11.4 Å². The van der Waals surface area contributed by atoms with Crippen molar-refractivity contribution in [3.8, 4) is 0 Å². The smallest absolute Gasteiger partial charge is 0.255 e. The number of amides is 1. The molecule has 1 aromatic heterocycles. The summed E-state index contributed by atoms with van der Waals surface area (Å²) in [5, 5.41) is 2.92. The van der Waals surface area contributed by atoms with Gasteiger partial charge in [0.25, 0.3) is 5.91 Å². The van der Waals surface area contributed by atoms with E-state index >= 15 is 0 Å². The summed E-state index contributed by atoms with van der Waals surface area (Å²) in [6, 6.07) is 1.75. The number of allylic oxidation sites excluding steroid dienone is 2. The molecule has 0 radical (unpaired) electrons. The second kappa shape index (κ2) is 8.52. The average molecular weight is 356 g/mol. The lowest BCUT2D eigenvalue weighted by molar-refractivity contribution is -0.112. The predicted octanol–water partition coefficient (Wildman–Crippen LogP) is 5.12.